The second kappa shape index (κ2) is 7.67. The Kier molecular flexibility index (Phi) is 6.16. The minimum Gasteiger partial charge on any atom is -0.475 e. The zero-order valence-electron chi connectivity index (χ0n) is 13.6. The Morgan fingerprint density at radius 2 is 1.85 bits per heavy atom. The van der Waals surface area contributed by atoms with Crippen LogP contribution in [0.4, 0.5) is 30.7 Å². The topological polar surface area (TPSA) is 38.3 Å². The van der Waals surface area contributed by atoms with Gasteiger partial charge in [-0.05, 0) is 6.42 Å². The fourth-order valence-corrected chi connectivity index (χ4v) is 3.00. The first-order valence-corrected chi connectivity index (χ1v) is 8.54. The molecule has 12 heteroatoms. The van der Waals surface area contributed by atoms with Crippen LogP contribution in [0.2, 0.25) is 0 Å². The molecule has 0 atom stereocenters. The number of aromatic nitrogens is 2. The van der Waals surface area contributed by atoms with Crippen LogP contribution in [0.15, 0.2) is 6.08 Å². The minimum absolute atomic E-state index is 0.108. The quantitative estimate of drug-likeness (QED) is 0.350. The summed E-state index contributed by atoms with van der Waals surface area (Å²) in [7, 11) is 0. The number of nitrogens with zero attached hydrogens (tertiary/aromatic N) is 3. The van der Waals surface area contributed by atoms with E-state index in [1.165, 1.54) is 0 Å². The van der Waals surface area contributed by atoms with Gasteiger partial charge in [-0.2, -0.15) is 35.1 Å². The van der Waals surface area contributed by atoms with E-state index in [9.17, 15) is 30.7 Å². The van der Waals surface area contributed by atoms with Crippen molar-refractivity contribution < 1.29 is 35.5 Å². The van der Waals surface area contributed by atoms with Crippen LogP contribution in [0, 0.1) is 0 Å². The summed E-state index contributed by atoms with van der Waals surface area (Å²) in [5.74, 6) is -0.384. The third-order valence-electron chi connectivity index (χ3n) is 3.69. The van der Waals surface area contributed by atoms with Crippen LogP contribution in [-0.2, 0) is 0 Å². The van der Waals surface area contributed by atoms with Gasteiger partial charge in [0.1, 0.15) is 0 Å². The van der Waals surface area contributed by atoms with Crippen LogP contribution in [0.25, 0.3) is 5.57 Å². The summed E-state index contributed by atoms with van der Waals surface area (Å²) >= 11 is 0.451. The van der Waals surface area contributed by atoms with Crippen molar-refractivity contribution in [3.8, 4) is 5.88 Å². The Bertz CT molecular complexity index is 645. The highest BCUT2D eigenvalue weighted by Gasteiger charge is 2.68. The van der Waals surface area contributed by atoms with E-state index in [0.717, 1.165) is 19.3 Å². The SMILES string of the molecule is CCCCCCOc1nsnc1C1=CCC(F)(F)N(C(F)(F)F)C1(F)F. The Morgan fingerprint density at radius 3 is 2.46 bits per heavy atom. The molecular formula is C14H16F7N3OS. The summed E-state index contributed by atoms with van der Waals surface area (Å²) < 4.78 is 107. The number of hydrogen-bond acceptors (Lipinski definition) is 5. The lowest BCUT2D eigenvalue weighted by Gasteiger charge is -2.40. The molecule has 2 heterocycles. The van der Waals surface area contributed by atoms with Gasteiger partial charge in [-0.3, -0.25) is 0 Å². The first-order chi connectivity index (χ1) is 12.0. The van der Waals surface area contributed by atoms with Crippen molar-refractivity contribution in [3.63, 3.8) is 0 Å². The molecule has 0 aliphatic carbocycles. The first-order valence-electron chi connectivity index (χ1n) is 7.81. The number of unbranched alkanes of at least 4 members (excludes halogenated alkanes) is 3. The molecule has 0 amide bonds. The van der Waals surface area contributed by atoms with Crippen LogP contribution < -0.4 is 4.74 Å². The van der Waals surface area contributed by atoms with Crippen molar-refractivity contribution in [2.45, 2.75) is 57.4 Å². The van der Waals surface area contributed by atoms with Crippen molar-refractivity contribution in [3.05, 3.63) is 11.8 Å². The molecule has 1 aromatic heterocycles. The van der Waals surface area contributed by atoms with Crippen molar-refractivity contribution in [2.24, 2.45) is 0 Å². The molecule has 0 N–H and O–H groups in total. The lowest BCUT2D eigenvalue weighted by atomic mass is 10.0. The lowest BCUT2D eigenvalue weighted by Crippen LogP contribution is -2.61. The number of rotatable bonds is 7. The molecule has 26 heavy (non-hydrogen) atoms. The Hall–Kier alpha value is -1.43. The molecule has 0 spiro atoms. The molecule has 0 radical (unpaired) electrons. The largest absolute Gasteiger partial charge is 0.475 e. The molecular weight excluding hydrogens is 391 g/mol. The highest BCUT2D eigenvalue weighted by molar-refractivity contribution is 6.99. The Balaban J connectivity index is 2.26. The molecule has 1 aromatic rings. The highest BCUT2D eigenvalue weighted by Crippen LogP contribution is 2.52. The molecule has 0 aromatic carbocycles. The van der Waals surface area contributed by atoms with Gasteiger partial charge in [0.2, 0.25) is 0 Å². The van der Waals surface area contributed by atoms with E-state index in [2.05, 4.69) is 8.75 Å². The van der Waals surface area contributed by atoms with E-state index in [1.807, 2.05) is 6.92 Å². The van der Waals surface area contributed by atoms with Gasteiger partial charge in [0.15, 0.2) is 5.69 Å². The number of halogens is 7. The molecule has 4 nitrogen and oxygen atoms in total. The monoisotopic (exact) mass is 407 g/mol. The van der Waals surface area contributed by atoms with Gasteiger partial charge < -0.3 is 4.74 Å². The predicted molar refractivity (Wildman–Crippen MR) is 79.9 cm³/mol. The lowest BCUT2D eigenvalue weighted by molar-refractivity contribution is -0.395. The number of alkyl halides is 7. The van der Waals surface area contributed by atoms with E-state index in [-0.39, 0.29) is 12.5 Å². The smallest absolute Gasteiger partial charge is 0.469 e. The van der Waals surface area contributed by atoms with E-state index >= 15 is 0 Å². The van der Waals surface area contributed by atoms with Crippen molar-refractivity contribution in [1.82, 2.24) is 13.6 Å². The maximum absolute atomic E-state index is 14.3. The summed E-state index contributed by atoms with van der Waals surface area (Å²) in [6, 6.07) is -9.80. The average molecular weight is 407 g/mol. The molecule has 1 aliphatic heterocycles. The van der Waals surface area contributed by atoms with Crippen molar-refractivity contribution in [1.29, 1.82) is 0 Å². The van der Waals surface area contributed by atoms with Crippen LogP contribution in [0.1, 0.15) is 44.7 Å². The zero-order valence-corrected chi connectivity index (χ0v) is 14.4. The second-order valence-corrected chi connectivity index (χ2v) is 6.19. The third kappa shape index (κ3) is 4.27. The molecule has 0 fully saturated rings. The predicted octanol–water partition coefficient (Wildman–Crippen LogP) is 5.29. The van der Waals surface area contributed by atoms with Crippen LogP contribution in [0.3, 0.4) is 0 Å². The number of hydrogen-bond donors (Lipinski definition) is 0. The van der Waals surface area contributed by atoms with Gasteiger partial charge in [-0.25, -0.2) is 0 Å². The normalized spacial score (nSPS) is 20.1. The fraction of sp³-hybridized carbons (Fsp3) is 0.714. The van der Waals surface area contributed by atoms with E-state index in [1.54, 1.807) is 0 Å². The van der Waals surface area contributed by atoms with Gasteiger partial charge in [-0.15, -0.1) is 4.37 Å². The summed E-state index contributed by atoms with van der Waals surface area (Å²) in [6.45, 7) is 2.10. The minimum atomic E-state index is -5.95. The summed E-state index contributed by atoms with van der Waals surface area (Å²) in [5, 5.41) is 0. The Morgan fingerprint density at radius 1 is 1.15 bits per heavy atom. The van der Waals surface area contributed by atoms with Crippen LogP contribution in [-0.4, -0.2) is 38.6 Å². The molecule has 0 bridgehead atoms. The van der Waals surface area contributed by atoms with E-state index in [4.69, 9.17) is 4.74 Å². The summed E-state index contributed by atoms with van der Waals surface area (Å²) in [4.78, 5) is -2.05. The fourth-order valence-electron chi connectivity index (χ4n) is 2.49. The maximum Gasteiger partial charge on any atom is 0.469 e. The second-order valence-electron chi connectivity index (χ2n) is 5.66. The van der Waals surface area contributed by atoms with E-state index in [0.29, 0.717) is 24.2 Å². The first kappa shape index (κ1) is 20.9. The van der Waals surface area contributed by atoms with Gasteiger partial charge in [0.25, 0.3) is 5.88 Å². The summed E-state index contributed by atoms with van der Waals surface area (Å²) in [5.41, 5.74) is -1.95. The Labute approximate surface area is 149 Å². The van der Waals surface area contributed by atoms with Gasteiger partial charge in [0, 0.05) is 6.42 Å². The van der Waals surface area contributed by atoms with Crippen molar-refractivity contribution >= 4 is 17.3 Å². The summed E-state index contributed by atoms with van der Waals surface area (Å²) in [6.07, 6.45) is -3.83. The zero-order chi connectivity index (χ0) is 19.6. The van der Waals surface area contributed by atoms with Gasteiger partial charge >= 0.3 is 18.4 Å². The molecule has 148 valence electrons. The molecule has 0 saturated heterocycles. The maximum atomic E-state index is 14.3. The third-order valence-corrected chi connectivity index (χ3v) is 4.20. The average Bonchev–Trinajstić information content (AvgIpc) is 2.92. The molecule has 1 aliphatic rings. The standard InChI is InChI=1S/C14H16F7N3OS/c1-2-3-4-5-8-25-11-10(22-26-23-11)9-6-7-12(15,16)24(13(9,17)18)14(19,20)21/h6H,2-5,7-8H2,1H3. The van der Waals surface area contributed by atoms with Gasteiger partial charge in [0.05, 0.1) is 23.9 Å². The van der Waals surface area contributed by atoms with Gasteiger partial charge in [-0.1, -0.05) is 37.2 Å². The van der Waals surface area contributed by atoms with E-state index < -0.39 is 41.0 Å². The van der Waals surface area contributed by atoms with Crippen molar-refractivity contribution in [2.75, 3.05) is 6.61 Å². The molecule has 0 saturated carbocycles. The van der Waals surface area contributed by atoms with Crippen LogP contribution >= 0.6 is 11.7 Å². The highest BCUT2D eigenvalue weighted by atomic mass is 32.1. The molecule has 2 rings (SSSR count). The molecule has 0 unspecified atom stereocenters. The van der Waals surface area contributed by atoms with Crippen LogP contribution in [0.5, 0.6) is 5.88 Å². The number of ether oxygens (including phenoxy) is 1.